The van der Waals surface area contributed by atoms with Gasteiger partial charge in [-0.05, 0) is 38.6 Å². The number of likely N-dealkylation sites (N-methyl/N-ethyl adjacent to an activating group) is 1. The lowest BCUT2D eigenvalue weighted by Gasteiger charge is -2.26. The molecule has 0 aliphatic carbocycles. The summed E-state index contributed by atoms with van der Waals surface area (Å²) in [6.45, 7) is 7.41. The molecule has 28 heavy (non-hydrogen) atoms. The van der Waals surface area contributed by atoms with Crippen LogP contribution in [0.25, 0.3) is 0 Å². The first-order valence-electron chi connectivity index (χ1n) is 10.3. The maximum absolute atomic E-state index is 11.8. The molecule has 0 bridgehead atoms. The molecule has 0 radical (unpaired) electrons. The van der Waals surface area contributed by atoms with Gasteiger partial charge >= 0.3 is 0 Å². The lowest BCUT2D eigenvalue weighted by Crippen LogP contribution is -2.42. The first kappa shape index (κ1) is 25.4. The number of nitrogens with one attached hydrogen (secondary N) is 2. The first-order chi connectivity index (χ1) is 13.1. The molecule has 0 aromatic carbocycles. The fourth-order valence-corrected chi connectivity index (χ4v) is 3.18. The summed E-state index contributed by atoms with van der Waals surface area (Å²) < 4.78 is 11.2. The summed E-state index contributed by atoms with van der Waals surface area (Å²) in [6, 6.07) is 0. The van der Waals surface area contributed by atoms with Crippen LogP contribution in [0.4, 0.5) is 0 Å². The van der Waals surface area contributed by atoms with Gasteiger partial charge in [-0.2, -0.15) is 0 Å². The number of ether oxygens (including phenoxy) is 2. The molecule has 2 rings (SSSR count). The Kier molecular flexibility index (Phi) is 13.8. The number of nitrogens with zero attached hydrogens (tertiary/aromatic N) is 3. The smallest absolute Gasteiger partial charge is 0.243 e. The average Bonchev–Trinajstić information content (AvgIpc) is 2.70. The lowest BCUT2D eigenvalue weighted by molar-refractivity contribution is -0.127. The van der Waals surface area contributed by atoms with E-state index >= 15 is 0 Å². The van der Waals surface area contributed by atoms with Gasteiger partial charge in [0, 0.05) is 46.9 Å². The standard InChI is InChI=1S/C19H37N5O3.HI/c1-23(2)18(25)16-22-19(21-9-7-17-6-3-4-13-27-17)20-8-5-10-24-11-14-26-15-12-24;/h17H,3-16H2,1-2H3,(H2,20,21,22);1H. The highest BCUT2D eigenvalue weighted by atomic mass is 127. The third-order valence-corrected chi connectivity index (χ3v) is 4.95. The second-order valence-corrected chi connectivity index (χ2v) is 7.39. The van der Waals surface area contributed by atoms with E-state index in [-0.39, 0.29) is 36.4 Å². The predicted octanol–water partition coefficient (Wildman–Crippen LogP) is 0.909. The first-order valence-corrected chi connectivity index (χ1v) is 10.3. The molecule has 9 heteroatoms. The van der Waals surface area contributed by atoms with E-state index < -0.39 is 0 Å². The van der Waals surface area contributed by atoms with Gasteiger partial charge in [-0.15, -0.1) is 24.0 Å². The lowest BCUT2D eigenvalue weighted by atomic mass is 10.1. The Morgan fingerprint density at radius 2 is 1.89 bits per heavy atom. The summed E-state index contributed by atoms with van der Waals surface area (Å²) in [5.41, 5.74) is 0. The van der Waals surface area contributed by atoms with Crippen molar-refractivity contribution < 1.29 is 14.3 Å². The Balaban J connectivity index is 0.00000392. The van der Waals surface area contributed by atoms with Crippen molar-refractivity contribution >= 4 is 35.8 Å². The zero-order valence-electron chi connectivity index (χ0n) is 17.5. The average molecular weight is 511 g/mol. The van der Waals surface area contributed by atoms with Crippen LogP contribution in [0.1, 0.15) is 32.1 Å². The number of morpholine rings is 1. The Morgan fingerprint density at radius 3 is 2.57 bits per heavy atom. The van der Waals surface area contributed by atoms with Crippen molar-refractivity contribution in [2.45, 2.75) is 38.2 Å². The van der Waals surface area contributed by atoms with E-state index in [0.717, 1.165) is 71.8 Å². The second-order valence-electron chi connectivity index (χ2n) is 7.39. The van der Waals surface area contributed by atoms with E-state index in [1.54, 1.807) is 19.0 Å². The summed E-state index contributed by atoms with van der Waals surface area (Å²) in [5.74, 6) is 0.711. The molecule has 164 valence electrons. The van der Waals surface area contributed by atoms with E-state index in [0.29, 0.717) is 12.1 Å². The van der Waals surface area contributed by atoms with Crippen LogP contribution < -0.4 is 10.6 Å². The highest BCUT2D eigenvalue weighted by molar-refractivity contribution is 14.0. The Bertz CT molecular complexity index is 453. The van der Waals surface area contributed by atoms with Crippen LogP contribution in [-0.2, 0) is 14.3 Å². The van der Waals surface area contributed by atoms with Crippen molar-refractivity contribution in [2.75, 3.05) is 73.2 Å². The van der Waals surface area contributed by atoms with Crippen LogP contribution in [0.5, 0.6) is 0 Å². The molecule has 2 fully saturated rings. The molecule has 0 spiro atoms. The Morgan fingerprint density at radius 1 is 1.14 bits per heavy atom. The van der Waals surface area contributed by atoms with Gasteiger partial charge < -0.3 is 25.0 Å². The minimum Gasteiger partial charge on any atom is -0.379 e. The minimum atomic E-state index is 0. The van der Waals surface area contributed by atoms with Gasteiger partial charge in [-0.25, -0.2) is 4.99 Å². The summed E-state index contributed by atoms with van der Waals surface area (Å²) in [5, 5.41) is 6.72. The van der Waals surface area contributed by atoms with E-state index in [2.05, 4.69) is 20.5 Å². The van der Waals surface area contributed by atoms with Crippen LogP contribution in [0.15, 0.2) is 4.99 Å². The molecule has 2 aliphatic rings. The monoisotopic (exact) mass is 511 g/mol. The molecule has 1 amide bonds. The molecule has 0 aromatic heterocycles. The third kappa shape index (κ3) is 10.8. The van der Waals surface area contributed by atoms with E-state index in [1.807, 2.05) is 0 Å². The normalized spacial score (nSPS) is 20.9. The summed E-state index contributed by atoms with van der Waals surface area (Å²) in [7, 11) is 3.50. The highest BCUT2D eigenvalue weighted by Crippen LogP contribution is 2.14. The summed E-state index contributed by atoms with van der Waals surface area (Å²) >= 11 is 0. The van der Waals surface area contributed by atoms with Crippen molar-refractivity contribution in [3.05, 3.63) is 0 Å². The van der Waals surface area contributed by atoms with Crippen LogP contribution >= 0.6 is 24.0 Å². The van der Waals surface area contributed by atoms with Crippen LogP contribution in [0, 0.1) is 0 Å². The Labute approximate surface area is 186 Å². The number of aliphatic imine (C=N–C) groups is 1. The maximum atomic E-state index is 11.8. The van der Waals surface area contributed by atoms with E-state index in [4.69, 9.17) is 9.47 Å². The largest absolute Gasteiger partial charge is 0.379 e. The number of amides is 1. The quantitative estimate of drug-likeness (QED) is 0.208. The molecule has 8 nitrogen and oxygen atoms in total. The van der Waals surface area contributed by atoms with Gasteiger partial charge in [0.25, 0.3) is 0 Å². The minimum absolute atomic E-state index is 0. The predicted molar refractivity (Wildman–Crippen MR) is 123 cm³/mol. The molecule has 0 aromatic rings. The number of rotatable bonds is 9. The van der Waals surface area contributed by atoms with Crippen LogP contribution in [0.2, 0.25) is 0 Å². The molecule has 2 N–H and O–H groups in total. The van der Waals surface area contributed by atoms with Crippen molar-refractivity contribution in [3.63, 3.8) is 0 Å². The van der Waals surface area contributed by atoms with Gasteiger partial charge in [0.05, 0.1) is 19.3 Å². The SMILES string of the molecule is CN(C)C(=O)CN=C(NCCCN1CCOCC1)NCCC1CCCCO1.I. The van der Waals surface area contributed by atoms with Gasteiger partial charge in [-0.1, -0.05) is 0 Å². The number of carbonyl (C=O) groups is 1. The number of carbonyl (C=O) groups excluding carboxylic acids is 1. The van der Waals surface area contributed by atoms with E-state index in [9.17, 15) is 4.79 Å². The molecule has 2 heterocycles. The van der Waals surface area contributed by atoms with Gasteiger partial charge in [0.2, 0.25) is 5.91 Å². The fraction of sp³-hybridized carbons (Fsp3) is 0.895. The third-order valence-electron chi connectivity index (χ3n) is 4.95. The number of hydrogen-bond donors (Lipinski definition) is 2. The summed E-state index contributed by atoms with van der Waals surface area (Å²) in [6.07, 6.45) is 5.92. The molecule has 2 aliphatic heterocycles. The van der Waals surface area contributed by atoms with Gasteiger partial charge in [-0.3, -0.25) is 9.69 Å². The topological polar surface area (TPSA) is 78.4 Å². The molecule has 2 saturated heterocycles. The maximum Gasteiger partial charge on any atom is 0.243 e. The van der Waals surface area contributed by atoms with Crippen molar-refractivity contribution in [1.29, 1.82) is 0 Å². The zero-order chi connectivity index (χ0) is 19.3. The highest BCUT2D eigenvalue weighted by Gasteiger charge is 2.14. The fourth-order valence-electron chi connectivity index (χ4n) is 3.18. The molecule has 1 unspecified atom stereocenters. The van der Waals surface area contributed by atoms with Crippen molar-refractivity contribution in [2.24, 2.45) is 4.99 Å². The molecular weight excluding hydrogens is 473 g/mol. The Hall–Kier alpha value is -0.650. The van der Waals surface area contributed by atoms with Crippen molar-refractivity contribution in [3.8, 4) is 0 Å². The number of guanidine groups is 1. The molecular formula is C19H38IN5O3. The van der Waals surface area contributed by atoms with Crippen LogP contribution in [-0.4, -0.2) is 101 Å². The van der Waals surface area contributed by atoms with Gasteiger partial charge in [0.1, 0.15) is 6.54 Å². The number of hydrogen-bond acceptors (Lipinski definition) is 5. The van der Waals surface area contributed by atoms with Crippen molar-refractivity contribution in [1.82, 2.24) is 20.4 Å². The number of halogens is 1. The molecule has 1 atom stereocenters. The van der Waals surface area contributed by atoms with Gasteiger partial charge in [0.15, 0.2) is 5.96 Å². The zero-order valence-corrected chi connectivity index (χ0v) is 19.8. The second kappa shape index (κ2) is 15.2. The van der Waals surface area contributed by atoms with E-state index in [1.165, 1.54) is 12.8 Å². The summed E-state index contributed by atoms with van der Waals surface area (Å²) in [4.78, 5) is 20.3. The molecule has 0 saturated carbocycles. The van der Waals surface area contributed by atoms with Crippen LogP contribution in [0.3, 0.4) is 0 Å².